The zero-order chi connectivity index (χ0) is 24.9. The van der Waals surface area contributed by atoms with Crippen molar-refractivity contribution >= 4 is 35.1 Å². The number of fused-ring (bicyclic) bond motifs is 5. The van der Waals surface area contributed by atoms with E-state index in [1.807, 2.05) is 19.1 Å². The molecule has 0 spiro atoms. The summed E-state index contributed by atoms with van der Waals surface area (Å²) in [5.74, 6) is 0.792. The van der Waals surface area contributed by atoms with E-state index in [9.17, 15) is 14.1 Å². The maximum Gasteiger partial charge on any atom is 0.159 e. The number of allylic oxidation sites excluding steroid dienone is 1. The molecule has 2 aliphatic heterocycles. The molecule has 1 N–H and O–H groups in total. The van der Waals surface area contributed by atoms with Crippen LogP contribution in [-0.4, -0.2) is 18.9 Å². The molecule has 35 heavy (non-hydrogen) atoms. The number of anilines is 1. The highest BCUT2D eigenvalue weighted by Crippen LogP contribution is 2.54. The Balaban J connectivity index is 1.85. The van der Waals surface area contributed by atoms with Crippen LogP contribution in [0.1, 0.15) is 47.8 Å². The Hall–Kier alpha value is -4.26. The summed E-state index contributed by atoms with van der Waals surface area (Å²) in [4.78, 5) is 23.1. The normalized spacial score (nSPS) is 16.1. The van der Waals surface area contributed by atoms with Crippen molar-refractivity contribution in [2.24, 2.45) is 5.18 Å². The number of nitroso groups, excluding NO2 is 1. The van der Waals surface area contributed by atoms with E-state index in [1.165, 1.54) is 25.3 Å². The maximum absolute atomic E-state index is 13.8. The molecule has 0 aromatic heterocycles. The molecule has 0 saturated heterocycles. The van der Waals surface area contributed by atoms with Gasteiger partial charge in [-0.2, -0.15) is 0 Å². The van der Waals surface area contributed by atoms with Crippen LogP contribution in [0.25, 0.3) is 28.5 Å². The third-order valence-electron chi connectivity index (χ3n) is 6.23. The van der Waals surface area contributed by atoms with Gasteiger partial charge in [-0.3, -0.25) is 4.79 Å². The topological polar surface area (TPSA) is 77.0 Å². The molecule has 3 aromatic carbocycles. The highest BCUT2D eigenvalue weighted by Gasteiger charge is 2.33. The summed E-state index contributed by atoms with van der Waals surface area (Å²) in [5, 5.41) is 6.66. The molecule has 0 saturated carbocycles. The molecule has 6 nitrogen and oxygen atoms in total. The fourth-order valence-electron chi connectivity index (χ4n) is 4.94. The molecule has 5 rings (SSSR count). The average molecular weight is 471 g/mol. The molecule has 7 heteroatoms. The lowest BCUT2D eigenvalue weighted by atomic mass is 9.82. The SMILES string of the molecule is COc1c(N=O)ccc2c1-c1ccc3c(c1/C(=C/c1ccc(F)cc1C=O)O2)C(C)=CC(C)(C)N3. The first-order valence-electron chi connectivity index (χ1n) is 11.1. The second kappa shape index (κ2) is 8.20. The first-order chi connectivity index (χ1) is 16.8. The quantitative estimate of drug-likeness (QED) is 0.322. The van der Waals surface area contributed by atoms with Gasteiger partial charge in [-0.1, -0.05) is 18.2 Å². The Kier molecular flexibility index (Phi) is 5.28. The number of aldehydes is 1. The third kappa shape index (κ3) is 3.69. The lowest BCUT2D eigenvalue weighted by Gasteiger charge is -2.35. The Morgan fingerprint density at radius 1 is 1.06 bits per heavy atom. The van der Waals surface area contributed by atoms with Gasteiger partial charge in [0.2, 0.25) is 0 Å². The molecule has 0 aliphatic carbocycles. The first kappa shape index (κ1) is 22.5. The zero-order valence-electron chi connectivity index (χ0n) is 19.7. The van der Waals surface area contributed by atoms with E-state index in [0.29, 0.717) is 34.7 Å². The van der Waals surface area contributed by atoms with E-state index in [1.54, 1.807) is 18.2 Å². The summed E-state index contributed by atoms with van der Waals surface area (Å²) >= 11 is 0. The summed E-state index contributed by atoms with van der Waals surface area (Å²) < 4.78 is 25.7. The number of halogens is 1. The van der Waals surface area contributed by atoms with Gasteiger partial charge >= 0.3 is 0 Å². The van der Waals surface area contributed by atoms with Crippen molar-refractivity contribution in [3.8, 4) is 22.6 Å². The highest BCUT2D eigenvalue weighted by molar-refractivity contribution is 6.03. The van der Waals surface area contributed by atoms with Gasteiger partial charge in [0.05, 0.1) is 18.2 Å². The van der Waals surface area contributed by atoms with Gasteiger partial charge in [-0.05, 0) is 73.5 Å². The van der Waals surface area contributed by atoms with Gasteiger partial charge in [-0.25, -0.2) is 4.39 Å². The van der Waals surface area contributed by atoms with Crippen molar-refractivity contribution in [1.29, 1.82) is 0 Å². The van der Waals surface area contributed by atoms with Crippen LogP contribution in [0.5, 0.6) is 11.5 Å². The van der Waals surface area contributed by atoms with E-state index >= 15 is 0 Å². The number of hydrogen-bond acceptors (Lipinski definition) is 6. The van der Waals surface area contributed by atoms with E-state index in [0.717, 1.165) is 28.0 Å². The maximum atomic E-state index is 13.8. The lowest BCUT2D eigenvalue weighted by molar-refractivity contribution is 0.112. The van der Waals surface area contributed by atoms with Crippen molar-refractivity contribution in [3.63, 3.8) is 0 Å². The van der Waals surface area contributed by atoms with Gasteiger partial charge in [0, 0.05) is 27.9 Å². The minimum Gasteiger partial charge on any atom is -0.494 e. The van der Waals surface area contributed by atoms with Gasteiger partial charge < -0.3 is 14.8 Å². The molecule has 0 fully saturated rings. The standard InChI is InChI=1S/C28H23FN2O4/c1-15-13-28(2,3)30-20-8-7-19-25(24(15)20)23(12-16-5-6-18(29)11-17(16)14-32)35-22-10-9-21(31-33)27(34-4)26(19)22/h5-14,30H,1-4H3/b23-12-. The smallest absolute Gasteiger partial charge is 0.159 e. The average Bonchev–Trinajstić information content (AvgIpc) is 2.82. The number of carbonyl (C=O) groups is 1. The summed E-state index contributed by atoms with van der Waals surface area (Å²) in [7, 11) is 1.48. The predicted octanol–water partition coefficient (Wildman–Crippen LogP) is 7.21. The molecular weight excluding hydrogens is 447 g/mol. The highest BCUT2D eigenvalue weighted by atomic mass is 19.1. The Morgan fingerprint density at radius 2 is 1.86 bits per heavy atom. The second-order valence-electron chi connectivity index (χ2n) is 9.17. The monoisotopic (exact) mass is 470 g/mol. The van der Waals surface area contributed by atoms with Crippen molar-refractivity contribution < 1.29 is 18.7 Å². The van der Waals surface area contributed by atoms with Gasteiger partial charge in [0.1, 0.15) is 17.3 Å². The number of rotatable bonds is 4. The summed E-state index contributed by atoms with van der Waals surface area (Å²) in [5.41, 5.74) is 5.72. The van der Waals surface area contributed by atoms with Crippen molar-refractivity contribution in [2.75, 3.05) is 12.4 Å². The van der Waals surface area contributed by atoms with Crippen molar-refractivity contribution in [3.05, 3.63) is 81.5 Å². The van der Waals surface area contributed by atoms with Gasteiger partial charge in [0.15, 0.2) is 17.7 Å². The molecule has 2 heterocycles. The molecule has 176 valence electrons. The number of hydrogen-bond donors (Lipinski definition) is 1. The minimum atomic E-state index is -0.495. The van der Waals surface area contributed by atoms with Crippen LogP contribution in [-0.2, 0) is 0 Å². The van der Waals surface area contributed by atoms with Crippen LogP contribution >= 0.6 is 0 Å². The van der Waals surface area contributed by atoms with E-state index in [4.69, 9.17) is 9.47 Å². The zero-order valence-corrected chi connectivity index (χ0v) is 19.7. The second-order valence-corrected chi connectivity index (χ2v) is 9.17. The molecule has 0 radical (unpaired) electrons. The summed E-state index contributed by atoms with van der Waals surface area (Å²) in [6.45, 7) is 6.20. The fourth-order valence-corrected chi connectivity index (χ4v) is 4.94. The third-order valence-corrected chi connectivity index (χ3v) is 6.23. The van der Waals surface area contributed by atoms with E-state index in [-0.39, 0.29) is 16.8 Å². The Morgan fingerprint density at radius 3 is 2.57 bits per heavy atom. The molecule has 0 atom stereocenters. The lowest BCUT2D eigenvalue weighted by Crippen LogP contribution is -2.32. The molecule has 0 bridgehead atoms. The Labute approximate surface area is 202 Å². The van der Waals surface area contributed by atoms with Crippen LogP contribution in [0.3, 0.4) is 0 Å². The minimum absolute atomic E-state index is 0.166. The predicted molar refractivity (Wildman–Crippen MR) is 136 cm³/mol. The molecular formula is C28H23FN2O4. The van der Waals surface area contributed by atoms with Crippen LogP contribution in [0.2, 0.25) is 0 Å². The van der Waals surface area contributed by atoms with Crippen LogP contribution in [0.15, 0.2) is 53.7 Å². The number of carbonyl (C=O) groups excluding carboxylic acids is 1. The number of ether oxygens (including phenoxy) is 2. The fraction of sp³-hybridized carbons (Fsp3) is 0.179. The number of benzene rings is 3. The first-order valence-corrected chi connectivity index (χ1v) is 11.1. The molecule has 0 unspecified atom stereocenters. The van der Waals surface area contributed by atoms with Crippen LogP contribution in [0, 0.1) is 10.7 Å². The van der Waals surface area contributed by atoms with Crippen molar-refractivity contribution in [1.82, 2.24) is 0 Å². The largest absolute Gasteiger partial charge is 0.494 e. The summed E-state index contributed by atoms with van der Waals surface area (Å²) in [6.07, 6.45) is 4.49. The molecule has 2 aliphatic rings. The van der Waals surface area contributed by atoms with Crippen molar-refractivity contribution in [2.45, 2.75) is 26.3 Å². The van der Waals surface area contributed by atoms with Crippen LogP contribution in [0.4, 0.5) is 15.8 Å². The van der Waals surface area contributed by atoms with Crippen LogP contribution < -0.4 is 14.8 Å². The number of nitrogens with one attached hydrogen (secondary N) is 1. The van der Waals surface area contributed by atoms with E-state index in [2.05, 4.69) is 30.4 Å². The van der Waals surface area contributed by atoms with Gasteiger partial charge in [-0.15, -0.1) is 4.91 Å². The van der Waals surface area contributed by atoms with E-state index < -0.39 is 5.82 Å². The number of nitrogens with zero attached hydrogens (tertiary/aromatic N) is 1. The Bertz CT molecular complexity index is 1470. The summed E-state index contributed by atoms with van der Waals surface area (Å²) in [6, 6.07) is 11.2. The molecule has 0 amide bonds. The molecule has 3 aromatic rings. The number of methoxy groups -OCH3 is 1. The van der Waals surface area contributed by atoms with Gasteiger partial charge in [0.25, 0.3) is 0 Å².